The molecular weight excluding hydrogens is 172 g/mol. The van der Waals surface area contributed by atoms with Gasteiger partial charge in [0, 0.05) is 7.11 Å². The summed E-state index contributed by atoms with van der Waals surface area (Å²) >= 11 is 0. The fraction of sp³-hybridized carbons (Fsp3) is 1.00. The van der Waals surface area contributed by atoms with Crippen LogP contribution >= 0.6 is 0 Å². The Labute approximate surface area is 90.2 Å². The van der Waals surface area contributed by atoms with Gasteiger partial charge >= 0.3 is 0 Å². The predicted octanol–water partition coefficient (Wildman–Crippen LogP) is 4.55. The lowest BCUT2D eigenvalue weighted by Gasteiger charge is -2.02. The van der Waals surface area contributed by atoms with Crippen molar-refractivity contribution in [2.45, 2.75) is 77.7 Å². The molecule has 1 nitrogen and oxygen atoms in total. The lowest BCUT2D eigenvalue weighted by molar-refractivity contribution is 0.109. The van der Waals surface area contributed by atoms with E-state index in [1.54, 1.807) is 7.11 Å². The molecule has 0 unspecified atom stereocenters. The highest BCUT2D eigenvalue weighted by molar-refractivity contribution is 4.65. The Morgan fingerprint density at radius 3 is 1.71 bits per heavy atom. The summed E-state index contributed by atoms with van der Waals surface area (Å²) < 4.78 is 5.11. The maximum Gasteiger partial charge on any atom is 0.0571 e. The predicted molar refractivity (Wildman–Crippen MR) is 63.7 cm³/mol. The first-order valence-corrected chi connectivity index (χ1v) is 6.37. The van der Waals surface area contributed by atoms with Crippen molar-refractivity contribution in [3.63, 3.8) is 0 Å². The number of unbranched alkanes of at least 4 members (excludes halogenated alkanes) is 4. The van der Waals surface area contributed by atoms with Gasteiger partial charge in [0.15, 0.2) is 0 Å². The lowest BCUT2D eigenvalue weighted by atomic mass is 10.2. The third-order valence-electron chi connectivity index (χ3n) is 2.84. The zero-order valence-corrected chi connectivity index (χ0v) is 10.3. The summed E-state index contributed by atoms with van der Waals surface area (Å²) in [5, 5.41) is 0. The largest absolute Gasteiger partial charge is 0.381 e. The van der Waals surface area contributed by atoms with Crippen LogP contribution in [0.1, 0.15) is 71.6 Å². The van der Waals surface area contributed by atoms with Crippen LogP contribution in [0.2, 0.25) is 0 Å². The van der Waals surface area contributed by atoms with Crippen molar-refractivity contribution in [2.24, 2.45) is 0 Å². The van der Waals surface area contributed by atoms with Gasteiger partial charge in [-0.1, -0.05) is 58.8 Å². The van der Waals surface area contributed by atoms with Crippen molar-refractivity contribution in [1.29, 1.82) is 0 Å². The SMILES string of the molecule is CCCCCCC.COC1CCCC1. The molecule has 0 aromatic carbocycles. The van der Waals surface area contributed by atoms with Crippen molar-refractivity contribution in [3.8, 4) is 0 Å². The molecule has 1 aliphatic carbocycles. The molecule has 0 bridgehead atoms. The second-order valence-electron chi connectivity index (χ2n) is 4.20. The van der Waals surface area contributed by atoms with E-state index in [9.17, 15) is 0 Å². The second kappa shape index (κ2) is 11.0. The summed E-state index contributed by atoms with van der Waals surface area (Å²) in [6, 6.07) is 0. The van der Waals surface area contributed by atoms with Crippen LogP contribution in [0.5, 0.6) is 0 Å². The highest BCUT2D eigenvalue weighted by Crippen LogP contribution is 2.19. The molecule has 1 saturated carbocycles. The normalized spacial score (nSPS) is 16.5. The highest BCUT2D eigenvalue weighted by atomic mass is 16.5. The van der Waals surface area contributed by atoms with E-state index in [0.29, 0.717) is 6.10 Å². The van der Waals surface area contributed by atoms with Crippen LogP contribution in [0.4, 0.5) is 0 Å². The van der Waals surface area contributed by atoms with Gasteiger partial charge in [0.25, 0.3) is 0 Å². The average molecular weight is 200 g/mol. The van der Waals surface area contributed by atoms with Gasteiger partial charge in [-0.3, -0.25) is 0 Å². The molecule has 1 aliphatic rings. The molecule has 86 valence electrons. The van der Waals surface area contributed by atoms with E-state index in [2.05, 4.69) is 13.8 Å². The van der Waals surface area contributed by atoms with Gasteiger partial charge in [-0.05, 0) is 12.8 Å². The molecule has 1 fully saturated rings. The molecule has 0 aromatic rings. The van der Waals surface area contributed by atoms with Crippen molar-refractivity contribution >= 4 is 0 Å². The van der Waals surface area contributed by atoms with E-state index in [-0.39, 0.29) is 0 Å². The molecular formula is C13H28O. The van der Waals surface area contributed by atoms with Crippen LogP contribution in [0.25, 0.3) is 0 Å². The molecule has 0 amide bonds. The maximum absolute atomic E-state index is 5.11. The third-order valence-corrected chi connectivity index (χ3v) is 2.84. The summed E-state index contributed by atoms with van der Waals surface area (Å²) in [5.41, 5.74) is 0. The molecule has 0 atom stereocenters. The summed E-state index contributed by atoms with van der Waals surface area (Å²) in [4.78, 5) is 0. The molecule has 1 rings (SSSR count). The maximum atomic E-state index is 5.11. The molecule has 0 spiro atoms. The summed E-state index contributed by atoms with van der Waals surface area (Å²) in [6.07, 6.45) is 12.9. The highest BCUT2D eigenvalue weighted by Gasteiger charge is 2.12. The van der Waals surface area contributed by atoms with Crippen molar-refractivity contribution in [1.82, 2.24) is 0 Å². The number of rotatable bonds is 5. The minimum absolute atomic E-state index is 0.597. The van der Waals surface area contributed by atoms with Crippen molar-refractivity contribution in [3.05, 3.63) is 0 Å². The van der Waals surface area contributed by atoms with Gasteiger partial charge in [-0.2, -0.15) is 0 Å². The smallest absolute Gasteiger partial charge is 0.0571 e. The standard InChI is InChI=1S/C7H16.C6H12O/c1-3-5-7-6-4-2;1-7-6-4-2-3-5-6/h3-7H2,1-2H3;6H,2-5H2,1H3. The van der Waals surface area contributed by atoms with Crippen molar-refractivity contribution < 1.29 is 4.74 Å². The van der Waals surface area contributed by atoms with Crippen LogP contribution in [0.15, 0.2) is 0 Å². The summed E-state index contributed by atoms with van der Waals surface area (Å²) in [5.74, 6) is 0. The summed E-state index contributed by atoms with van der Waals surface area (Å²) in [6.45, 7) is 4.49. The van der Waals surface area contributed by atoms with Gasteiger partial charge in [0.1, 0.15) is 0 Å². The van der Waals surface area contributed by atoms with E-state index >= 15 is 0 Å². The molecule has 1 heteroatoms. The number of methoxy groups -OCH3 is 1. The molecule has 0 N–H and O–H groups in total. The van der Waals surface area contributed by atoms with E-state index in [4.69, 9.17) is 4.74 Å². The average Bonchev–Trinajstić information content (AvgIpc) is 2.72. The van der Waals surface area contributed by atoms with Crippen LogP contribution in [-0.2, 0) is 4.74 Å². The van der Waals surface area contributed by atoms with Crippen molar-refractivity contribution in [2.75, 3.05) is 7.11 Å². The van der Waals surface area contributed by atoms with E-state index < -0.39 is 0 Å². The zero-order valence-electron chi connectivity index (χ0n) is 10.3. The Bertz CT molecular complexity index is 91.4. The fourth-order valence-electron chi connectivity index (χ4n) is 1.80. The Hall–Kier alpha value is -0.0400. The molecule has 0 radical (unpaired) electrons. The van der Waals surface area contributed by atoms with E-state index in [1.807, 2.05) is 0 Å². The van der Waals surface area contributed by atoms with Crippen LogP contribution in [0.3, 0.4) is 0 Å². The first-order valence-electron chi connectivity index (χ1n) is 6.37. The topological polar surface area (TPSA) is 9.23 Å². The molecule has 0 aromatic heterocycles. The number of hydrogen-bond donors (Lipinski definition) is 0. The molecule has 0 aliphatic heterocycles. The molecule has 0 saturated heterocycles. The quantitative estimate of drug-likeness (QED) is 0.591. The van der Waals surface area contributed by atoms with Gasteiger partial charge < -0.3 is 4.74 Å². The third kappa shape index (κ3) is 8.55. The first-order chi connectivity index (χ1) is 6.85. The zero-order chi connectivity index (χ0) is 10.6. The Kier molecular flexibility index (Phi) is 11.0. The number of hydrogen-bond acceptors (Lipinski definition) is 1. The van der Waals surface area contributed by atoms with Crippen LogP contribution < -0.4 is 0 Å². The Morgan fingerprint density at radius 1 is 0.929 bits per heavy atom. The lowest BCUT2D eigenvalue weighted by Crippen LogP contribution is -2.01. The number of ether oxygens (including phenoxy) is 1. The first kappa shape index (κ1) is 14.0. The van der Waals surface area contributed by atoms with Gasteiger partial charge in [-0.25, -0.2) is 0 Å². The van der Waals surface area contributed by atoms with E-state index in [1.165, 1.54) is 57.8 Å². The van der Waals surface area contributed by atoms with Crippen LogP contribution in [0, 0.1) is 0 Å². The Morgan fingerprint density at radius 2 is 1.43 bits per heavy atom. The molecule has 0 heterocycles. The van der Waals surface area contributed by atoms with E-state index in [0.717, 1.165) is 0 Å². The second-order valence-corrected chi connectivity index (χ2v) is 4.20. The molecule has 14 heavy (non-hydrogen) atoms. The minimum Gasteiger partial charge on any atom is -0.381 e. The van der Waals surface area contributed by atoms with Gasteiger partial charge in [0.2, 0.25) is 0 Å². The van der Waals surface area contributed by atoms with Gasteiger partial charge in [-0.15, -0.1) is 0 Å². The fourth-order valence-corrected chi connectivity index (χ4v) is 1.80. The Balaban J connectivity index is 0.000000241. The van der Waals surface area contributed by atoms with Crippen LogP contribution in [-0.4, -0.2) is 13.2 Å². The minimum atomic E-state index is 0.597. The van der Waals surface area contributed by atoms with Gasteiger partial charge in [0.05, 0.1) is 6.10 Å². The summed E-state index contributed by atoms with van der Waals surface area (Å²) in [7, 11) is 1.80. The monoisotopic (exact) mass is 200 g/mol.